The van der Waals surface area contributed by atoms with Crippen LogP contribution in [0.3, 0.4) is 0 Å². The van der Waals surface area contributed by atoms with E-state index in [0.29, 0.717) is 11.6 Å². The first kappa shape index (κ1) is 23.3. The van der Waals surface area contributed by atoms with Crippen molar-refractivity contribution >= 4 is 27.5 Å². The molecule has 0 radical (unpaired) electrons. The van der Waals surface area contributed by atoms with Crippen LogP contribution in [-0.2, 0) is 27.9 Å². The van der Waals surface area contributed by atoms with Gasteiger partial charge in [-0.05, 0) is 42.4 Å². The number of benzene rings is 2. The van der Waals surface area contributed by atoms with E-state index in [4.69, 9.17) is 11.6 Å². The van der Waals surface area contributed by atoms with Crippen LogP contribution in [-0.4, -0.2) is 38.9 Å². The first-order chi connectivity index (χ1) is 13.8. The van der Waals surface area contributed by atoms with Crippen molar-refractivity contribution in [2.75, 3.05) is 19.6 Å². The molecule has 0 bridgehead atoms. The molecule has 8 heteroatoms. The molecule has 0 aliphatic carbocycles. The molecule has 0 saturated heterocycles. The number of carbonyl (C=O) groups excluding carboxylic acids is 1. The Morgan fingerprint density at radius 1 is 1.03 bits per heavy atom. The summed E-state index contributed by atoms with van der Waals surface area (Å²) < 4.78 is 26.9. The van der Waals surface area contributed by atoms with Crippen LogP contribution < -0.4 is 10.0 Å². The lowest BCUT2D eigenvalue weighted by Crippen LogP contribution is -2.30. The van der Waals surface area contributed by atoms with Crippen LogP contribution in [0, 0.1) is 0 Å². The van der Waals surface area contributed by atoms with E-state index in [1.54, 1.807) is 12.1 Å². The average Bonchev–Trinajstić information content (AvgIpc) is 2.70. The molecule has 2 N–H and O–H groups in total. The van der Waals surface area contributed by atoms with Crippen LogP contribution >= 0.6 is 11.6 Å². The Balaban J connectivity index is 1.80. The maximum Gasteiger partial charge on any atom is 0.240 e. The molecule has 0 unspecified atom stereocenters. The summed E-state index contributed by atoms with van der Waals surface area (Å²) in [6.45, 7) is 7.54. The molecule has 0 saturated carbocycles. The highest BCUT2D eigenvalue weighted by molar-refractivity contribution is 7.89. The summed E-state index contributed by atoms with van der Waals surface area (Å²) >= 11 is 5.83. The number of hydrogen-bond acceptors (Lipinski definition) is 4. The van der Waals surface area contributed by atoms with Crippen molar-refractivity contribution in [1.82, 2.24) is 14.9 Å². The van der Waals surface area contributed by atoms with Crippen LogP contribution in [0.5, 0.6) is 0 Å². The van der Waals surface area contributed by atoms with Crippen LogP contribution in [0.4, 0.5) is 0 Å². The van der Waals surface area contributed by atoms with E-state index < -0.39 is 10.0 Å². The lowest BCUT2D eigenvalue weighted by molar-refractivity contribution is -0.121. The van der Waals surface area contributed by atoms with Crippen molar-refractivity contribution in [2.45, 2.75) is 38.3 Å². The Morgan fingerprint density at radius 3 is 2.41 bits per heavy atom. The SMILES string of the molecule is CCN(CC)Cc1cccc(CNC(=O)CCNS(=O)(=O)c2cccc(Cl)c2)c1. The number of amides is 1. The highest BCUT2D eigenvalue weighted by Crippen LogP contribution is 2.15. The zero-order chi connectivity index (χ0) is 21.3. The maximum atomic E-state index is 12.2. The zero-order valence-electron chi connectivity index (χ0n) is 16.8. The minimum absolute atomic E-state index is 0.0165. The summed E-state index contributed by atoms with van der Waals surface area (Å²) in [5, 5.41) is 3.18. The number of hydrogen-bond donors (Lipinski definition) is 2. The number of nitrogens with zero attached hydrogens (tertiary/aromatic N) is 1. The lowest BCUT2D eigenvalue weighted by atomic mass is 10.1. The first-order valence-electron chi connectivity index (χ1n) is 9.66. The number of carbonyl (C=O) groups is 1. The van der Waals surface area contributed by atoms with E-state index >= 15 is 0 Å². The third kappa shape index (κ3) is 7.78. The molecule has 1 amide bonds. The van der Waals surface area contributed by atoms with E-state index in [9.17, 15) is 13.2 Å². The number of sulfonamides is 1. The summed E-state index contributed by atoms with van der Waals surface area (Å²) in [5.41, 5.74) is 2.22. The molecule has 2 aromatic rings. The van der Waals surface area contributed by atoms with Gasteiger partial charge in [-0.1, -0.05) is 55.8 Å². The van der Waals surface area contributed by atoms with E-state index in [1.807, 2.05) is 12.1 Å². The van der Waals surface area contributed by atoms with E-state index in [2.05, 4.69) is 40.9 Å². The van der Waals surface area contributed by atoms with Crippen molar-refractivity contribution in [3.63, 3.8) is 0 Å². The van der Waals surface area contributed by atoms with E-state index in [-0.39, 0.29) is 23.8 Å². The van der Waals surface area contributed by atoms with Gasteiger partial charge in [-0.25, -0.2) is 13.1 Å². The summed E-state index contributed by atoms with van der Waals surface area (Å²) in [5.74, 6) is -0.215. The van der Waals surface area contributed by atoms with Gasteiger partial charge in [0.1, 0.15) is 0 Å². The van der Waals surface area contributed by atoms with Gasteiger partial charge < -0.3 is 5.32 Å². The predicted molar refractivity (Wildman–Crippen MR) is 116 cm³/mol. The zero-order valence-corrected chi connectivity index (χ0v) is 18.4. The Hall–Kier alpha value is -1.93. The smallest absolute Gasteiger partial charge is 0.240 e. The largest absolute Gasteiger partial charge is 0.352 e. The summed E-state index contributed by atoms with van der Waals surface area (Å²) in [7, 11) is -3.69. The molecule has 0 atom stereocenters. The minimum atomic E-state index is -3.69. The summed E-state index contributed by atoms with van der Waals surface area (Å²) in [6, 6.07) is 14.1. The Kier molecular flexibility index (Phi) is 9.10. The summed E-state index contributed by atoms with van der Waals surface area (Å²) in [6.07, 6.45) is 0.0545. The first-order valence-corrected chi connectivity index (χ1v) is 11.5. The molecule has 6 nitrogen and oxygen atoms in total. The molecule has 0 aromatic heterocycles. The number of rotatable bonds is 11. The van der Waals surface area contributed by atoms with Gasteiger partial charge in [-0.15, -0.1) is 0 Å². The van der Waals surface area contributed by atoms with Gasteiger partial charge in [0, 0.05) is 31.1 Å². The van der Waals surface area contributed by atoms with E-state index in [1.165, 1.54) is 17.7 Å². The molecular formula is C21H28ClN3O3S. The van der Waals surface area contributed by atoms with Crippen molar-refractivity contribution in [2.24, 2.45) is 0 Å². The molecule has 0 spiro atoms. The average molecular weight is 438 g/mol. The second kappa shape index (κ2) is 11.3. The normalized spacial score (nSPS) is 11.6. The van der Waals surface area contributed by atoms with Gasteiger partial charge in [0.25, 0.3) is 0 Å². The Bertz CT molecular complexity index is 915. The van der Waals surface area contributed by atoms with Crippen molar-refractivity contribution in [3.05, 3.63) is 64.7 Å². The molecule has 0 aliphatic heterocycles. The van der Waals surface area contributed by atoms with Crippen LogP contribution in [0.1, 0.15) is 31.4 Å². The fourth-order valence-electron chi connectivity index (χ4n) is 2.85. The fourth-order valence-corrected chi connectivity index (χ4v) is 4.18. The minimum Gasteiger partial charge on any atom is -0.352 e. The Morgan fingerprint density at radius 2 is 1.72 bits per heavy atom. The predicted octanol–water partition coefficient (Wildman–Crippen LogP) is 3.17. The maximum absolute atomic E-state index is 12.2. The second-order valence-electron chi connectivity index (χ2n) is 6.66. The van der Waals surface area contributed by atoms with Gasteiger partial charge in [-0.3, -0.25) is 9.69 Å². The van der Waals surface area contributed by atoms with Gasteiger partial charge in [-0.2, -0.15) is 0 Å². The Labute approximate surface area is 178 Å². The van der Waals surface area contributed by atoms with Gasteiger partial charge in [0.2, 0.25) is 15.9 Å². The van der Waals surface area contributed by atoms with Crippen molar-refractivity contribution in [1.29, 1.82) is 0 Å². The number of nitrogens with one attached hydrogen (secondary N) is 2. The standard InChI is InChI=1S/C21H28ClN3O3S/c1-3-25(4-2)16-18-8-5-7-17(13-18)15-23-21(26)11-12-24-29(27,28)20-10-6-9-19(22)14-20/h5-10,13-14,24H,3-4,11-12,15-16H2,1-2H3,(H,23,26). The highest BCUT2D eigenvalue weighted by Gasteiger charge is 2.14. The molecular weight excluding hydrogens is 410 g/mol. The third-order valence-corrected chi connectivity index (χ3v) is 6.23. The van der Waals surface area contributed by atoms with Gasteiger partial charge in [0.05, 0.1) is 4.90 Å². The third-order valence-electron chi connectivity index (χ3n) is 4.53. The lowest BCUT2D eigenvalue weighted by Gasteiger charge is -2.18. The summed E-state index contributed by atoms with van der Waals surface area (Å²) in [4.78, 5) is 14.5. The molecule has 0 heterocycles. The van der Waals surface area contributed by atoms with Gasteiger partial charge >= 0.3 is 0 Å². The van der Waals surface area contributed by atoms with Crippen LogP contribution in [0.15, 0.2) is 53.4 Å². The van der Waals surface area contributed by atoms with Crippen molar-refractivity contribution in [3.8, 4) is 0 Å². The van der Waals surface area contributed by atoms with Gasteiger partial charge in [0.15, 0.2) is 0 Å². The molecule has 0 fully saturated rings. The molecule has 29 heavy (non-hydrogen) atoms. The quantitative estimate of drug-likeness (QED) is 0.566. The molecule has 2 aromatic carbocycles. The fraction of sp³-hybridized carbons (Fsp3) is 0.381. The molecule has 158 valence electrons. The van der Waals surface area contributed by atoms with Crippen LogP contribution in [0.2, 0.25) is 5.02 Å². The van der Waals surface area contributed by atoms with Crippen molar-refractivity contribution < 1.29 is 13.2 Å². The topological polar surface area (TPSA) is 78.5 Å². The monoisotopic (exact) mass is 437 g/mol. The molecule has 0 aliphatic rings. The van der Waals surface area contributed by atoms with Crippen LogP contribution in [0.25, 0.3) is 0 Å². The second-order valence-corrected chi connectivity index (χ2v) is 8.87. The number of halogens is 1. The van der Waals surface area contributed by atoms with E-state index in [0.717, 1.165) is 25.2 Å². The molecule has 2 rings (SSSR count). The highest BCUT2D eigenvalue weighted by atomic mass is 35.5.